The number of likely N-dealkylation sites (N-methyl/N-ethyl adjacent to an activating group) is 2. The molecule has 108 valence electrons. The van der Waals surface area contributed by atoms with E-state index in [-0.39, 0.29) is 0 Å². The summed E-state index contributed by atoms with van der Waals surface area (Å²) in [6.45, 7) is 5.14. The molecule has 0 bridgehead atoms. The first-order valence-corrected chi connectivity index (χ1v) is 6.78. The fourth-order valence-electron chi connectivity index (χ4n) is 1.86. The molecule has 0 unspecified atom stereocenters. The van der Waals surface area contributed by atoms with Crippen LogP contribution in [-0.2, 0) is 6.54 Å². The Labute approximate surface area is 117 Å². The molecule has 0 atom stereocenters. The number of nitrogens with zero attached hydrogens (tertiary/aromatic N) is 2. The van der Waals surface area contributed by atoms with Gasteiger partial charge in [0.1, 0.15) is 5.75 Å². The van der Waals surface area contributed by atoms with Gasteiger partial charge < -0.3 is 19.9 Å². The van der Waals surface area contributed by atoms with Gasteiger partial charge in [-0.3, -0.25) is 0 Å². The monoisotopic (exact) mass is 265 g/mol. The predicted octanol–water partition coefficient (Wildman–Crippen LogP) is 1.28. The molecule has 1 aromatic rings. The molecule has 0 heterocycles. The predicted molar refractivity (Wildman–Crippen MR) is 80.8 cm³/mol. The SMILES string of the molecule is COc1cccc(CN(C)CCNCCN(C)C)c1. The molecule has 0 aromatic heterocycles. The largest absolute Gasteiger partial charge is 0.497 e. The summed E-state index contributed by atoms with van der Waals surface area (Å²) >= 11 is 0. The van der Waals surface area contributed by atoms with Gasteiger partial charge in [0.2, 0.25) is 0 Å². The number of ether oxygens (including phenoxy) is 1. The molecule has 1 N–H and O–H groups in total. The summed E-state index contributed by atoms with van der Waals surface area (Å²) in [7, 11) is 8.04. The molecule has 19 heavy (non-hydrogen) atoms. The van der Waals surface area contributed by atoms with E-state index < -0.39 is 0 Å². The first-order valence-electron chi connectivity index (χ1n) is 6.78. The lowest BCUT2D eigenvalue weighted by Gasteiger charge is -2.18. The molecule has 0 aliphatic heterocycles. The van der Waals surface area contributed by atoms with E-state index in [4.69, 9.17) is 4.74 Å². The minimum Gasteiger partial charge on any atom is -0.497 e. The number of benzene rings is 1. The Kier molecular flexibility index (Phi) is 7.48. The van der Waals surface area contributed by atoms with Crippen molar-refractivity contribution in [3.05, 3.63) is 29.8 Å². The van der Waals surface area contributed by atoms with E-state index in [9.17, 15) is 0 Å². The van der Waals surface area contributed by atoms with Crippen LogP contribution in [0.2, 0.25) is 0 Å². The van der Waals surface area contributed by atoms with Crippen molar-refractivity contribution in [1.82, 2.24) is 15.1 Å². The van der Waals surface area contributed by atoms with Gasteiger partial charge in [0.25, 0.3) is 0 Å². The van der Waals surface area contributed by atoms with E-state index in [2.05, 4.69) is 48.4 Å². The highest BCUT2D eigenvalue weighted by Gasteiger charge is 2.01. The van der Waals surface area contributed by atoms with Crippen molar-refractivity contribution in [3.8, 4) is 5.75 Å². The average Bonchev–Trinajstić information content (AvgIpc) is 2.38. The molecule has 0 saturated heterocycles. The van der Waals surface area contributed by atoms with Gasteiger partial charge >= 0.3 is 0 Å². The lowest BCUT2D eigenvalue weighted by molar-refractivity contribution is 0.318. The van der Waals surface area contributed by atoms with Gasteiger partial charge in [-0.1, -0.05) is 12.1 Å². The minimum absolute atomic E-state index is 0.926. The fourth-order valence-corrected chi connectivity index (χ4v) is 1.86. The third kappa shape index (κ3) is 7.15. The zero-order chi connectivity index (χ0) is 14.1. The average molecular weight is 265 g/mol. The van der Waals surface area contributed by atoms with E-state index in [0.717, 1.165) is 38.5 Å². The van der Waals surface area contributed by atoms with Crippen LogP contribution >= 0.6 is 0 Å². The molecule has 4 nitrogen and oxygen atoms in total. The zero-order valence-corrected chi connectivity index (χ0v) is 12.6. The molecule has 0 aliphatic carbocycles. The second-order valence-electron chi connectivity index (χ2n) is 5.14. The van der Waals surface area contributed by atoms with E-state index in [0.29, 0.717) is 0 Å². The summed E-state index contributed by atoms with van der Waals surface area (Å²) in [5.41, 5.74) is 1.29. The molecule has 1 rings (SSSR count). The summed E-state index contributed by atoms with van der Waals surface area (Å²) in [5.74, 6) is 0.926. The summed E-state index contributed by atoms with van der Waals surface area (Å²) in [6.07, 6.45) is 0. The number of nitrogens with one attached hydrogen (secondary N) is 1. The van der Waals surface area contributed by atoms with Gasteiger partial charge in [-0.25, -0.2) is 0 Å². The van der Waals surface area contributed by atoms with Crippen molar-refractivity contribution >= 4 is 0 Å². The van der Waals surface area contributed by atoms with Gasteiger partial charge in [-0.2, -0.15) is 0 Å². The van der Waals surface area contributed by atoms with Crippen molar-refractivity contribution in [3.63, 3.8) is 0 Å². The second-order valence-corrected chi connectivity index (χ2v) is 5.14. The van der Waals surface area contributed by atoms with E-state index in [1.54, 1.807) is 7.11 Å². The molecule has 4 heteroatoms. The number of rotatable bonds is 9. The third-order valence-electron chi connectivity index (χ3n) is 2.99. The summed E-state index contributed by atoms with van der Waals surface area (Å²) in [5, 5.41) is 3.45. The zero-order valence-electron chi connectivity index (χ0n) is 12.6. The van der Waals surface area contributed by atoms with Crippen LogP contribution in [0, 0.1) is 0 Å². The highest BCUT2D eigenvalue weighted by Crippen LogP contribution is 2.13. The smallest absolute Gasteiger partial charge is 0.119 e. The van der Waals surface area contributed by atoms with Gasteiger partial charge in [0.05, 0.1) is 7.11 Å². The van der Waals surface area contributed by atoms with Crippen LogP contribution in [0.25, 0.3) is 0 Å². The van der Waals surface area contributed by atoms with Crippen molar-refractivity contribution < 1.29 is 4.74 Å². The Morgan fingerprint density at radius 3 is 2.53 bits per heavy atom. The first kappa shape index (κ1) is 16.0. The maximum atomic E-state index is 5.24. The summed E-state index contributed by atoms with van der Waals surface area (Å²) in [6, 6.07) is 8.25. The third-order valence-corrected chi connectivity index (χ3v) is 2.99. The van der Waals surface area contributed by atoms with Gasteiger partial charge in [-0.05, 0) is 38.8 Å². The Morgan fingerprint density at radius 1 is 1.11 bits per heavy atom. The molecule has 0 spiro atoms. The van der Waals surface area contributed by atoms with Crippen LogP contribution < -0.4 is 10.1 Å². The first-order chi connectivity index (χ1) is 9.11. The van der Waals surface area contributed by atoms with Gasteiger partial charge in [-0.15, -0.1) is 0 Å². The summed E-state index contributed by atoms with van der Waals surface area (Å²) < 4.78 is 5.24. The summed E-state index contributed by atoms with van der Waals surface area (Å²) in [4.78, 5) is 4.50. The standard InChI is InChI=1S/C15H27N3O/c1-17(2)10-8-16-9-11-18(3)13-14-6-5-7-15(12-14)19-4/h5-7,12,16H,8-11,13H2,1-4H3. The van der Waals surface area contributed by atoms with Crippen molar-refractivity contribution in [2.75, 3.05) is 54.4 Å². The molecule has 0 amide bonds. The minimum atomic E-state index is 0.926. The lowest BCUT2D eigenvalue weighted by Crippen LogP contribution is -2.33. The van der Waals surface area contributed by atoms with Crippen molar-refractivity contribution in [2.45, 2.75) is 6.54 Å². The van der Waals surface area contributed by atoms with Crippen LogP contribution in [0.5, 0.6) is 5.75 Å². The van der Waals surface area contributed by atoms with E-state index in [1.807, 2.05) is 12.1 Å². The fraction of sp³-hybridized carbons (Fsp3) is 0.600. The molecule has 0 saturated carbocycles. The van der Waals surface area contributed by atoms with E-state index >= 15 is 0 Å². The maximum absolute atomic E-state index is 5.24. The van der Waals surface area contributed by atoms with Crippen LogP contribution in [-0.4, -0.2) is 64.2 Å². The Balaban J connectivity index is 2.21. The van der Waals surface area contributed by atoms with Crippen LogP contribution in [0.4, 0.5) is 0 Å². The van der Waals surface area contributed by atoms with E-state index in [1.165, 1.54) is 5.56 Å². The highest BCUT2D eigenvalue weighted by atomic mass is 16.5. The van der Waals surface area contributed by atoms with Crippen LogP contribution in [0.3, 0.4) is 0 Å². The molecular formula is C15H27N3O. The quantitative estimate of drug-likeness (QED) is 0.681. The highest BCUT2D eigenvalue weighted by molar-refractivity contribution is 5.28. The molecular weight excluding hydrogens is 238 g/mol. The van der Waals surface area contributed by atoms with Crippen LogP contribution in [0.15, 0.2) is 24.3 Å². The molecule has 0 aliphatic rings. The maximum Gasteiger partial charge on any atom is 0.119 e. The van der Waals surface area contributed by atoms with Crippen LogP contribution in [0.1, 0.15) is 5.56 Å². The normalized spacial score (nSPS) is 11.3. The number of hydrogen-bond acceptors (Lipinski definition) is 4. The molecule has 0 fully saturated rings. The Bertz CT molecular complexity index is 355. The number of hydrogen-bond donors (Lipinski definition) is 1. The number of methoxy groups -OCH3 is 1. The Hall–Kier alpha value is -1.10. The van der Waals surface area contributed by atoms with Gasteiger partial charge in [0.15, 0.2) is 0 Å². The second kappa shape index (κ2) is 8.91. The molecule has 1 aromatic carbocycles. The van der Waals surface area contributed by atoms with Crippen molar-refractivity contribution in [1.29, 1.82) is 0 Å². The van der Waals surface area contributed by atoms with Gasteiger partial charge in [0, 0.05) is 32.7 Å². The van der Waals surface area contributed by atoms with Crippen molar-refractivity contribution in [2.24, 2.45) is 0 Å². The Morgan fingerprint density at radius 2 is 1.84 bits per heavy atom. The topological polar surface area (TPSA) is 27.7 Å². The molecule has 0 radical (unpaired) electrons. The lowest BCUT2D eigenvalue weighted by atomic mass is 10.2.